The number of fused-ring (bicyclic) bond motifs is 3. The molecule has 0 saturated carbocycles. The van der Waals surface area contributed by atoms with E-state index in [4.69, 9.17) is 11.5 Å². The molecule has 156 valence electrons. The van der Waals surface area contributed by atoms with E-state index in [0.717, 1.165) is 33.4 Å². The zero-order valence-corrected chi connectivity index (χ0v) is 17.3. The van der Waals surface area contributed by atoms with Crippen molar-refractivity contribution < 1.29 is 8.78 Å². The smallest absolute Gasteiger partial charge is 0.149 e. The molecule has 4 heteroatoms. The number of hydrogen-bond acceptors (Lipinski definition) is 2. The highest BCUT2D eigenvalue weighted by atomic mass is 19.1. The van der Waals surface area contributed by atoms with Crippen LogP contribution in [-0.4, -0.2) is 6.54 Å². The van der Waals surface area contributed by atoms with E-state index < -0.39 is 11.2 Å². The molecular formula is C27H24F2N2. The van der Waals surface area contributed by atoms with Crippen LogP contribution in [0, 0.1) is 18.7 Å². The summed E-state index contributed by atoms with van der Waals surface area (Å²) in [5.41, 5.74) is 17.3. The lowest BCUT2D eigenvalue weighted by Crippen LogP contribution is -2.32. The lowest BCUT2D eigenvalue weighted by molar-refractivity contribution is 0.507. The standard InChI is InChI=1S/C27H24F2N2/c1-16-22(10-11-25(31)26(16)29)27(18-12-17(15-30)13-19(28)14-18)23-8-4-2-6-20(23)21-7-3-5-9-24(21)27/h2-12,14,17H,13,15,30-31H2,1H3/t17-/m1/s1. The zero-order chi connectivity index (χ0) is 21.8. The predicted molar refractivity (Wildman–Crippen MR) is 122 cm³/mol. The van der Waals surface area contributed by atoms with Gasteiger partial charge in [-0.25, -0.2) is 8.78 Å². The molecule has 5 rings (SSSR count). The second-order valence-electron chi connectivity index (χ2n) is 8.40. The molecule has 0 fully saturated rings. The first-order valence-corrected chi connectivity index (χ1v) is 10.5. The van der Waals surface area contributed by atoms with Crippen LogP contribution >= 0.6 is 0 Å². The Morgan fingerprint density at radius 3 is 2.13 bits per heavy atom. The quantitative estimate of drug-likeness (QED) is 0.533. The fourth-order valence-corrected chi connectivity index (χ4v) is 5.33. The first-order chi connectivity index (χ1) is 15.0. The molecule has 0 unspecified atom stereocenters. The number of nitrogen functional groups attached to an aromatic ring is 1. The average Bonchev–Trinajstić information content (AvgIpc) is 3.09. The van der Waals surface area contributed by atoms with Crippen LogP contribution in [0.2, 0.25) is 0 Å². The molecule has 31 heavy (non-hydrogen) atoms. The highest BCUT2D eigenvalue weighted by Gasteiger charge is 2.48. The van der Waals surface area contributed by atoms with Crippen LogP contribution in [0.5, 0.6) is 0 Å². The van der Waals surface area contributed by atoms with Crippen molar-refractivity contribution in [3.05, 3.63) is 112 Å². The third-order valence-corrected chi connectivity index (χ3v) is 6.69. The highest BCUT2D eigenvalue weighted by Crippen LogP contribution is 2.58. The molecule has 0 bridgehead atoms. The third kappa shape index (κ3) is 2.71. The minimum atomic E-state index is -0.850. The van der Waals surface area contributed by atoms with E-state index in [9.17, 15) is 4.39 Å². The van der Waals surface area contributed by atoms with Gasteiger partial charge in [-0.1, -0.05) is 60.7 Å². The van der Waals surface area contributed by atoms with Crippen molar-refractivity contribution in [2.75, 3.05) is 12.3 Å². The van der Waals surface area contributed by atoms with Gasteiger partial charge in [0.2, 0.25) is 0 Å². The van der Waals surface area contributed by atoms with Gasteiger partial charge in [0.1, 0.15) is 11.6 Å². The van der Waals surface area contributed by atoms with Crippen LogP contribution in [0.4, 0.5) is 14.5 Å². The summed E-state index contributed by atoms with van der Waals surface area (Å²) in [5, 5.41) is 0. The molecular weight excluding hydrogens is 390 g/mol. The van der Waals surface area contributed by atoms with Crippen molar-refractivity contribution in [2.45, 2.75) is 18.8 Å². The summed E-state index contributed by atoms with van der Waals surface area (Å²) in [6.45, 7) is 2.09. The second-order valence-corrected chi connectivity index (χ2v) is 8.40. The van der Waals surface area contributed by atoms with E-state index in [1.807, 2.05) is 30.3 Å². The molecule has 0 spiro atoms. The van der Waals surface area contributed by atoms with Crippen molar-refractivity contribution in [1.82, 2.24) is 0 Å². The van der Waals surface area contributed by atoms with E-state index in [0.29, 0.717) is 12.1 Å². The van der Waals surface area contributed by atoms with Gasteiger partial charge in [-0.15, -0.1) is 0 Å². The maximum Gasteiger partial charge on any atom is 0.149 e. The summed E-state index contributed by atoms with van der Waals surface area (Å²) in [6, 6.07) is 19.7. The molecule has 3 aromatic rings. The number of anilines is 1. The highest BCUT2D eigenvalue weighted by molar-refractivity contribution is 5.87. The topological polar surface area (TPSA) is 52.0 Å². The molecule has 2 aliphatic carbocycles. The lowest BCUT2D eigenvalue weighted by atomic mass is 9.64. The van der Waals surface area contributed by atoms with Gasteiger partial charge >= 0.3 is 0 Å². The van der Waals surface area contributed by atoms with Crippen LogP contribution < -0.4 is 11.5 Å². The number of nitrogens with two attached hydrogens (primary N) is 2. The zero-order valence-electron chi connectivity index (χ0n) is 17.3. The van der Waals surface area contributed by atoms with Gasteiger partial charge < -0.3 is 11.5 Å². The largest absolute Gasteiger partial charge is 0.396 e. The minimum absolute atomic E-state index is 0.107. The lowest BCUT2D eigenvalue weighted by Gasteiger charge is -2.38. The van der Waals surface area contributed by atoms with Gasteiger partial charge in [-0.05, 0) is 70.5 Å². The van der Waals surface area contributed by atoms with E-state index in [1.54, 1.807) is 19.1 Å². The number of rotatable bonds is 3. The predicted octanol–water partition coefficient (Wildman–Crippen LogP) is 5.79. The fraction of sp³-hybridized carbons (Fsp3) is 0.185. The Morgan fingerprint density at radius 2 is 1.52 bits per heavy atom. The first kappa shape index (κ1) is 19.7. The maximum atomic E-state index is 15.1. The Labute approximate surface area is 180 Å². The van der Waals surface area contributed by atoms with Gasteiger partial charge in [0.05, 0.1) is 11.1 Å². The molecule has 0 heterocycles. The molecule has 0 aromatic heterocycles. The van der Waals surface area contributed by atoms with Crippen molar-refractivity contribution in [3.8, 4) is 11.1 Å². The van der Waals surface area contributed by atoms with Gasteiger partial charge in [-0.2, -0.15) is 0 Å². The van der Waals surface area contributed by atoms with Crippen LogP contribution in [0.25, 0.3) is 11.1 Å². The Hall–Kier alpha value is -3.24. The van der Waals surface area contributed by atoms with E-state index >= 15 is 4.39 Å². The minimum Gasteiger partial charge on any atom is -0.396 e. The van der Waals surface area contributed by atoms with Crippen LogP contribution in [-0.2, 0) is 5.41 Å². The fourth-order valence-electron chi connectivity index (χ4n) is 5.33. The summed E-state index contributed by atoms with van der Waals surface area (Å²) in [4.78, 5) is 0. The van der Waals surface area contributed by atoms with E-state index in [2.05, 4.69) is 30.3 Å². The SMILES string of the molecule is Cc1c(C2(C3=C[C@@H](CN)CC(F)=C3)c3ccccc3-c3ccccc32)ccc(N)c1F. The van der Waals surface area contributed by atoms with Gasteiger partial charge in [0, 0.05) is 6.42 Å². The first-order valence-electron chi connectivity index (χ1n) is 10.5. The van der Waals surface area contributed by atoms with Gasteiger partial charge in [-0.3, -0.25) is 0 Å². The van der Waals surface area contributed by atoms with Crippen molar-refractivity contribution >= 4 is 5.69 Å². The van der Waals surface area contributed by atoms with Crippen molar-refractivity contribution in [3.63, 3.8) is 0 Å². The normalized spacial score (nSPS) is 18.8. The van der Waals surface area contributed by atoms with Gasteiger partial charge in [0.25, 0.3) is 0 Å². The molecule has 1 atom stereocenters. The van der Waals surface area contributed by atoms with Gasteiger partial charge in [0.15, 0.2) is 0 Å². The molecule has 0 radical (unpaired) electrons. The van der Waals surface area contributed by atoms with Crippen LogP contribution in [0.15, 0.2) is 84.2 Å². The van der Waals surface area contributed by atoms with E-state index in [1.165, 1.54) is 0 Å². The maximum absolute atomic E-state index is 15.1. The number of benzene rings is 3. The molecule has 2 aliphatic rings. The van der Waals surface area contributed by atoms with E-state index in [-0.39, 0.29) is 23.9 Å². The van der Waals surface area contributed by atoms with Crippen molar-refractivity contribution in [2.24, 2.45) is 11.7 Å². The summed E-state index contributed by atoms with van der Waals surface area (Å²) < 4.78 is 30.0. The Kier molecular flexibility index (Phi) is 4.56. The number of allylic oxidation sites excluding steroid dienone is 3. The molecule has 0 saturated heterocycles. The summed E-state index contributed by atoms with van der Waals surface area (Å²) in [7, 11) is 0. The monoisotopic (exact) mass is 414 g/mol. The third-order valence-electron chi connectivity index (χ3n) is 6.69. The summed E-state index contributed by atoms with van der Waals surface area (Å²) in [6.07, 6.45) is 3.96. The Balaban J connectivity index is 1.96. The molecule has 2 nitrogen and oxygen atoms in total. The average molecular weight is 414 g/mol. The number of halogens is 2. The Morgan fingerprint density at radius 1 is 0.903 bits per heavy atom. The Bertz CT molecular complexity index is 1210. The second kappa shape index (κ2) is 7.17. The molecule has 0 aliphatic heterocycles. The summed E-state index contributed by atoms with van der Waals surface area (Å²) >= 11 is 0. The molecule has 3 aromatic carbocycles. The number of hydrogen-bond donors (Lipinski definition) is 2. The van der Waals surface area contributed by atoms with Crippen molar-refractivity contribution in [1.29, 1.82) is 0 Å². The summed E-state index contributed by atoms with van der Waals surface area (Å²) in [5.74, 6) is -0.756. The van der Waals surface area contributed by atoms with Crippen LogP contribution in [0.3, 0.4) is 0 Å². The molecule has 0 amide bonds. The van der Waals surface area contributed by atoms with Crippen LogP contribution in [0.1, 0.15) is 28.7 Å². The molecule has 4 N–H and O–H groups in total.